The number of hydrogen-bond donors (Lipinski definition) is 0. The van der Waals surface area contributed by atoms with Crippen molar-refractivity contribution in [2.45, 2.75) is 19.8 Å². The third-order valence-corrected chi connectivity index (χ3v) is 6.63. The van der Waals surface area contributed by atoms with E-state index in [1.165, 1.54) is 12.1 Å². The maximum absolute atomic E-state index is 13.7. The molecule has 0 bridgehead atoms. The third-order valence-electron chi connectivity index (χ3n) is 4.11. The second-order valence-corrected chi connectivity index (χ2v) is 8.81. The highest BCUT2D eigenvalue weighted by Gasteiger charge is 2.56. The number of rotatable bonds is 2. The molecule has 2 fully saturated rings. The second-order valence-electron chi connectivity index (χ2n) is 6.37. The highest BCUT2D eigenvalue weighted by atomic mass is 35.5. The molecule has 0 aromatic heterocycles. The Morgan fingerprint density at radius 3 is 2.40 bits per heavy atom. The largest absolute Gasteiger partial charge is 0.369 e. The predicted octanol–water partition coefficient (Wildman–Crippen LogP) is 2.84. The number of nitrogens with zero attached hydrogens (tertiary/aromatic N) is 1. The van der Waals surface area contributed by atoms with Crippen molar-refractivity contribution in [3.8, 4) is 0 Å². The summed E-state index contributed by atoms with van der Waals surface area (Å²) in [5.74, 6) is 0.354. The van der Waals surface area contributed by atoms with Crippen LogP contribution in [0.4, 0.5) is 10.1 Å². The normalized spacial score (nSPS) is 22.8. The molecule has 2 saturated heterocycles. The summed E-state index contributed by atoms with van der Waals surface area (Å²) >= 11 is 6.37. The van der Waals surface area contributed by atoms with Crippen LogP contribution in [0.25, 0.3) is 0 Å². The smallest absolute Gasteiger partial charge is 0.151 e. The summed E-state index contributed by atoms with van der Waals surface area (Å²) in [6.07, 6.45) is 0. The van der Waals surface area contributed by atoms with Crippen LogP contribution in [0.1, 0.15) is 25.3 Å². The molecule has 3 nitrogen and oxygen atoms in total. The quantitative estimate of drug-likeness (QED) is 0.841. The summed E-state index contributed by atoms with van der Waals surface area (Å²) in [7, 11) is -2.83. The van der Waals surface area contributed by atoms with E-state index in [0.29, 0.717) is 23.8 Å². The molecule has 2 heterocycles. The van der Waals surface area contributed by atoms with Crippen molar-refractivity contribution in [2.75, 3.05) is 29.5 Å². The van der Waals surface area contributed by atoms with Gasteiger partial charge in [-0.2, -0.15) is 0 Å². The van der Waals surface area contributed by atoms with Gasteiger partial charge in [-0.3, -0.25) is 0 Å². The van der Waals surface area contributed by atoms with Crippen LogP contribution in [-0.2, 0) is 9.84 Å². The van der Waals surface area contributed by atoms with E-state index in [-0.39, 0.29) is 28.7 Å². The molecule has 3 rings (SSSR count). The second kappa shape index (κ2) is 4.34. The predicted molar refractivity (Wildman–Crippen MR) is 78.8 cm³/mol. The number of anilines is 1. The topological polar surface area (TPSA) is 37.4 Å². The highest BCUT2D eigenvalue weighted by molar-refractivity contribution is 7.92. The summed E-state index contributed by atoms with van der Waals surface area (Å²) in [4.78, 5) is 1.98. The van der Waals surface area contributed by atoms with Gasteiger partial charge in [-0.15, -0.1) is 0 Å². The van der Waals surface area contributed by atoms with E-state index in [0.717, 1.165) is 5.56 Å². The van der Waals surface area contributed by atoms with E-state index in [4.69, 9.17) is 11.6 Å². The van der Waals surface area contributed by atoms with E-state index in [1.807, 2.05) is 18.7 Å². The van der Waals surface area contributed by atoms with Gasteiger partial charge in [-0.05, 0) is 23.6 Å². The Kier molecular flexibility index (Phi) is 3.07. The first-order valence-electron chi connectivity index (χ1n) is 6.66. The first kappa shape index (κ1) is 14.1. The molecule has 2 aliphatic heterocycles. The molecule has 110 valence electrons. The van der Waals surface area contributed by atoms with Crippen LogP contribution in [0.15, 0.2) is 12.1 Å². The zero-order valence-electron chi connectivity index (χ0n) is 11.5. The summed E-state index contributed by atoms with van der Waals surface area (Å²) in [6, 6.07) is 2.91. The minimum atomic E-state index is -2.83. The Morgan fingerprint density at radius 2 is 1.90 bits per heavy atom. The molecule has 0 saturated carbocycles. The summed E-state index contributed by atoms with van der Waals surface area (Å²) < 4.78 is 36.3. The molecule has 1 aromatic rings. The van der Waals surface area contributed by atoms with Gasteiger partial charge in [0.2, 0.25) is 0 Å². The van der Waals surface area contributed by atoms with Crippen LogP contribution in [-0.4, -0.2) is 33.0 Å². The molecule has 0 atom stereocenters. The lowest BCUT2D eigenvalue weighted by Crippen LogP contribution is -2.68. The van der Waals surface area contributed by atoms with E-state index >= 15 is 0 Å². The SMILES string of the molecule is CC(C)c1cc(F)cc(N2CC3(C2)CS(=O)(=O)C3)c1Cl. The lowest BCUT2D eigenvalue weighted by atomic mass is 9.82. The van der Waals surface area contributed by atoms with Crippen molar-refractivity contribution in [3.05, 3.63) is 28.5 Å². The first-order valence-corrected chi connectivity index (χ1v) is 8.86. The lowest BCUT2D eigenvalue weighted by molar-refractivity contribution is 0.254. The van der Waals surface area contributed by atoms with Crippen molar-refractivity contribution in [1.82, 2.24) is 0 Å². The lowest BCUT2D eigenvalue weighted by Gasteiger charge is -2.56. The number of hydrogen-bond acceptors (Lipinski definition) is 3. The zero-order valence-corrected chi connectivity index (χ0v) is 13.1. The van der Waals surface area contributed by atoms with Gasteiger partial charge in [-0.25, -0.2) is 12.8 Å². The van der Waals surface area contributed by atoms with Crippen molar-refractivity contribution in [2.24, 2.45) is 5.41 Å². The van der Waals surface area contributed by atoms with Crippen LogP contribution >= 0.6 is 11.6 Å². The fraction of sp³-hybridized carbons (Fsp3) is 0.571. The summed E-state index contributed by atoms with van der Waals surface area (Å²) in [6.45, 7) is 5.24. The summed E-state index contributed by atoms with van der Waals surface area (Å²) in [5.41, 5.74) is 1.36. The average Bonchev–Trinajstić information content (AvgIpc) is 2.24. The van der Waals surface area contributed by atoms with Crippen LogP contribution in [0.2, 0.25) is 5.02 Å². The van der Waals surface area contributed by atoms with E-state index in [1.54, 1.807) is 0 Å². The van der Waals surface area contributed by atoms with Crippen LogP contribution in [0.5, 0.6) is 0 Å². The summed E-state index contributed by atoms with van der Waals surface area (Å²) in [5, 5.41) is 0.582. The van der Waals surface area contributed by atoms with Crippen LogP contribution in [0.3, 0.4) is 0 Å². The fourth-order valence-electron chi connectivity index (χ4n) is 3.25. The van der Waals surface area contributed by atoms with Gasteiger partial charge in [0.05, 0.1) is 22.2 Å². The maximum atomic E-state index is 13.7. The minimum Gasteiger partial charge on any atom is -0.369 e. The Labute approximate surface area is 123 Å². The molecule has 0 N–H and O–H groups in total. The molecule has 1 spiro atoms. The van der Waals surface area contributed by atoms with Crippen molar-refractivity contribution in [3.63, 3.8) is 0 Å². The number of benzene rings is 1. The maximum Gasteiger partial charge on any atom is 0.151 e. The van der Waals surface area contributed by atoms with Gasteiger partial charge in [0, 0.05) is 18.5 Å². The first-order chi connectivity index (χ1) is 9.21. The Balaban J connectivity index is 1.83. The van der Waals surface area contributed by atoms with Gasteiger partial charge < -0.3 is 4.90 Å². The van der Waals surface area contributed by atoms with Crippen molar-refractivity contribution in [1.29, 1.82) is 0 Å². The van der Waals surface area contributed by atoms with Crippen molar-refractivity contribution >= 4 is 27.1 Å². The Morgan fingerprint density at radius 1 is 1.30 bits per heavy atom. The average molecular weight is 318 g/mol. The van der Waals surface area contributed by atoms with Gasteiger partial charge in [0.15, 0.2) is 9.84 Å². The van der Waals surface area contributed by atoms with Crippen LogP contribution in [0, 0.1) is 11.2 Å². The molecule has 0 amide bonds. The van der Waals surface area contributed by atoms with Gasteiger partial charge >= 0.3 is 0 Å². The van der Waals surface area contributed by atoms with E-state index in [2.05, 4.69) is 0 Å². The molecule has 6 heteroatoms. The van der Waals surface area contributed by atoms with Gasteiger partial charge in [0.25, 0.3) is 0 Å². The van der Waals surface area contributed by atoms with Crippen molar-refractivity contribution < 1.29 is 12.8 Å². The number of halogens is 2. The van der Waals surface area contributed by atoms with Gasteiger partial charge in [0.1, 0.15) is 5.82 Å². The number of sulfone groups is 1. The van der Waals surface area contributed by atoms with Crippen LogP contribution < -0.4 is 4.90 Å². The molecule has 2 aliphatic rings. The standard InChI is InChI=1S/C14H17ClFNO2S/c1-9(2)11-3-10(16)4-12(13(11)15)17-5-14(6-17)7-20(18,19)8-14/h3-4,9H,5-8H2,1-2H3. The Hall–Kier alpha value is -0.810. The fourth-order valence-corrected chi connectivity index (χ4v) is 5.85. The zero-order chi connectivity index (χ0) is 14.7. The highest BCUT2D eigenvalue weighted by Crippen LogP contribution is 2.46. The molecule has 0 radical (unpaired) electrons. The van der Waals surface area contributed by atoms with E-state index in [9.17, 15) is 12.8 Å². The van der Waals surface area contributed by atoms with E-state index < -0.39 is 9.84 Å². The van der Waals surface area contributed by atoms with Gasteiger partial charge in [-0.1, -0.05) is 25.4 Å². The Bertz CT molecular complexity index is 652. The minimum absolute atomic E-state index is 0.119. The molecule has 0 unspecified atom stereocenters. The molecular weight excluding hydrogens is 301 g/mol. The third kappa shape index (κ3) is 2.21. The monoisotopic (exact) mass is 317 g/mol. The molecular formula is C14H17ClFNO2S. The molecule has 20 heavy (non-hydrogen) atoms. The molecule has 1 aromatic carbocycles. The molecule has 0 aliphatic carbocycles.